The van der Waals surface area contributed by atoms with Crippen LogP contribution in [0.2, 0.25) is 0 Å². The first-order chi connectivity index (χ1) is 8.50. The Morgan fingerprint density at radius 1 is 1.17 bits per heavy atom. The Bertz CT molecular complexity index is 671. The molecule has 0 aliphatic carbocycles. The maximum atomic E-state index is 12.1. The number of rotatable bonds is 2. The topological polar surface area (TPSA) is 59.3 Å². The van der Waals surface area contributed by atoms with Crippen LogP contribution in [0.4, 0.5) is 0 Å². The second-order valence-electron chi connectivity index (χ2n) is 4.20. The van der Waals surface area contributed by atoms with Crippen molar-refractivity contribution in [2.45, 2.75) is 6.92 Å². The fourth-order valence-corrected chi connectivity index (χ4v) is 1.93. The van der Waals surface area contributed by atoms with Gasteiger partial charge in [0, 0.05) is 25.0 Å². The summed E-state index contributed by atoms with van der Waals surface area (Å²) in [5.74, 6) is -1.20. The highest BCUT2D eigenvalue weighted by Gasteiger charge is 2.14. The van der Waals surface area contributed by atoms with Crippen LogP contribution in [-0.2, 0) is 7.05 Å². The highest BCUT2D eigenvalue weighted by molar-refractivity contribution is 5.89. The minimum Gasteiger partial charge on any atom is -0.477 e. The second-order valence-corrected chi connectivity index (χ2v) is 4.20. The Labute approximate surface area is 104 Å². The summed E-state index contributed by atoms with van der Waals surface area (Å²) < 4.78 is 1.59. The smallest absolute Gasteiger partial charge is 0.341 e. The normalized spacial score (nSPS) is 10.3. The zero-order valence-corrected chi connectivity index (χ0v) is 10.2. The van der Waals surface area contributed by atoms with Crippen molar-refractivity contribution in [2.24, 2.45) is 7.05 Å². The molecule has 0 fully saturated rings. The molecule has 1 N–H and O–H groups in total. The van der Waals surface area contributed by atoms with E-state index in [1.807, 2.05) is 31.2 Å². The molecule has 1 heterocycles. The van der Waals surface area contributed by atoms with Crippen molar-refractivity contribution in [3.05, 3.63) is 58.0 Å². The maximum Gasteiger partial charge on any atom is 0.341 e. The van der Waals surface area contributed by atoms with Gasteiger partial charge in [-0.3, -0.25) is 4.79 Å². The molecular formula is C14H13NO3. The van der Waals surface area contributed by atoms with E-state index in [-0.39, 0.29) is 5.56 Å². The van der Waals surface area contributed by atoms with Crippen LogP contribution in [0.3, 0.4) is 0 Å². The quantitative estimate of drug-likeness (QED) is 0.878. The highest BCUT2D eigenvalue weighted by atomic mass is 16.4. The van der Waals surface area contributed by atoms with E-state index in [4.69, 9.17) is 5.11 Å². The van der Waals surface area contributed by atoms with Gasteiger partial charge in [0.05, 0.1) is 0 Å². The number of carbonyl (C=O) groups is 1. The molecule has 2 rings (SSSR count). The van der Waals surface area contributed by atoms with Gasteiger partial charge < -0.3 is 9.67 Å². The third kappa shape index (κ3) is 2.05. The molecule has 1 aromatic carbocycles. The van der Waals surface area contributed by atoms with Crippen molar-refractivity contribution in [3.8, 4) is 11.1 Å². The number of pyridine rings is 1. The molecule has 0 saturated carbocycles. The number of carboxylic acid groups (broad SMARTS) is 1. The van der Waals surface area contributed by atoms with Crippen molar-refractivity contribution in [3.63, 3.8) is 0 Å². The summed E-state index contributed by atoms with van der Waals surface area (Å²) in [6.45, 7) is 1.89. The van der Waals surface area contributed by atoms with Gasteiger partial charge >= 0.3 is 5.97 Å². The van der Waals surface area contributed by atoms with E-state index < -0.39 is 11.4 Å². The van der Waals surface area contributed by atoms with Crippen molar-refractivity contribution < 1.29 is 9.90 Å². The number of hydrogen-bond donors (Lipinski definition) is 1. The van der Waals surface area contributed by atoms with E-state index in [2.05, 4.69) is 0 Å². The fourth-order valence-electron chi connectivity index (χ4n) is 1.93. The number of hydrogen-bond acceptors (Lipinski definition) is 2. The Morgan fingerprint density at radius 3 is 2.44 bits per heavy atom. The van der Waals surface area contributed by atoms with Gasteiger partial charge in [0.2, 0.25) is 5.43 Å². The lowest BCUT2D eigenvalue weighted by atomic mass is 10.0. The van der Waals surface area contributed by atoms with Crippen molar-refractivity contribution in [1.29, 1.82) is 0 Å². The maximum absolute atomic E-state index is 12.1. The van der Waals surface area contributed by atoms with Gasteiger partial charge in [-0.1, -0.05) is 24.3 Å². The average Bonchev–Trinajstić information content (AvgIpc) is 2.32. The van der Waals surface area contributed by atoms with Gasteiger partial charge in [0.15, 0.2) is 0 Å². The third-order valence-corrected chi connectivity index (χ3v) is 2.82. The summed E-state index contributed by atoms with van der Waals surface area (Å²) in [5.41, 5.74) is 1.46. The lowest BCUT2D eigenvalue weighted by Crippen LogP contribution is -2.19. The molecule has 18 heavy (non-hydrogen) atoms. The monoisotopic (exact) mass is 243 g/mol. The first-order valence-corrected chi connectivity index (χ1v) is 5.50. The van der Waals surface area contributed by atoms with E-state index in [1.165, 1.54) is 6.20 Å². The van der Waals surface area contributed by atoms with Crippen LogP contribution in [0.15, 0.2) is 41.5 Å². The van der Waals surface area contributed by atoms with Crippen LogP contribution in [0.5, 0.6) is 0 Å². The van der Waals surface area contributed by atoms with E-state index in [9.17, 15) is 9.59 Å². The van der Waals surface area contributed by atoms with E-state index in [1.54, 1.807) is 17.8 Å². The summed E-state index contributed by atoms with van der Waals surface area (Å²) in [7, 11) is 1.70. The van der Waals surface area contributed by atoms with Crippen molar-refractivity contribution in [1.82, 2.24) is 4.57 Å². The molecule has 0 aliphatic heterocycles. The first kappa shape index (κ1) is 12.1. The summed E-state index contributed by atoms with van der Waals surface area (Å²) >= 11 is 0. The number of aromatic carboxylic acids is 1. The SMILES string of the molecule is Cc1ccccc1-c1cn(C)cc(C(=O)O)c1=O. The van der Waals surface area contributed by atoms with Crippen LogP contribution >= 0.6 is 0 Å². The fraction of sp³-hybridized carbons (Fsp3) is 0.143. The molecule has 4 heteroatoms. The number of carboxylic acids is 1. The van der Waals surface area contributed by atoms with Crippen LogP contribution < -0.4 is 5.43 Å². The molecular weight excluding hydrogens is 230 g/mol. The molecule has 0 amide bonds. The molecule has 1 aromatic heterocycles. The van der Waals surface area contributed by atoms with Gasteiger partial charge in [-0.15, -0.1) is 0 Å². The summed E-state index contributed by atoms with van der Waals surface area (Å²) in [6.07, 6.45) is 2.98. The van der Waals surface area contributed by atoms with E-state index >= 15 is 0 Å². The van der Waals surface area contributed by atoms with Gasteiger partial charge in [0.1, 0.15) is 5.56 Å². The Hall–Kier alpha value is -2.36. The van der Waals surface area contributed by atoms with Gasteiger partial charge in [-0.25, -0.2) is 4.79 Å². The average molecular weight is 243 g/mol. The molecule has 0 bridgehead atoms. The molecule has 0 saturated heterocycles. The lowest BCUT2D eigenvalue weighted by Gasteiger charge is -2.08. The first-order valence-electron chi connectivity index (χ1n) is 5.50. The molecule has 0 spiro atoms. The number of aromatic nitrogens is 1. The van der Waals surface area contributed by atoms with Crippen molar-refractivity contribution in [2.75, 3.05) is 0 Å². The predicted molar refractivity (Wildman–Crippen MR) is 68.8 cm³/mol. The van der Waals surface area contributed by atoms with Crippen molar-refractivity contribution >= 4 is 5.97 Å². The Morgan fingerprint density at radius 2 is 1.83 bits per heavy atom. The molecule has 0 unspecified atom stereocenters. The summed E-state index contributed by atoms with van der Waals surface area (Å²) in [5, 5.41) is 9.02. The molecule has 4 nitrogen and oxygen atoms in total. The summed E-state index contributed by atoms with van der Waals surface area (Å²) in [4.78, 5) is 23.2. The molecule has 0 atom stereocenters. The van der Waals surface area contributed by atoms with E-state index in [0.717, 1.165) is 11.1 Å². The highest BCUT2D eigenvalue weighted by Crippen LogP contribution is 2.19. The number of nitrogens with zero attached hydrogens (tertiary/aromatic N) is 1. The predicted octanol–water partition coefficient (Wildman–Crippen LogP) is 2.06. The summed E-state index contributed by atoms with van der Waals surface area (Å²) in [6, 6.07) is 7.42. The third-order valence-electron chi connectivity index (χ3n) is 2.82. The second kappa shape index (κ2) is 4.49. The largest absolute Gasteiger partial charge is 0.477 e. The molecule has 2 aromatic rings. The number of benzene rings is 1. The van der Waals surface area contributed by atoms with Crippen LogP contribution in [-0.4, -0.2) is 15.6 Å². The lowest BCUT2D eigenvalue weighted by molar-refractivity contribution is 0.0694. The standard InChI is InChI=1S/C14H13NO3/c1-9-5-3-4-6-10(9)11-7-15(2)8-12(13(11)16)14(17)18/h3-8H,1-2H3,(H,17,18). The Balaban J connectivity index is 2.77. The zero-order valence-electron chi connectivity index (χ0n) is 10.2. The molecule has 0 radical (unpaired) electrons. The van der Waals surface area contributed by atoms with Gasteiger partial charge in [0.25, 0.3) is 0 Å². The minimum atomic E-state index is -1.20. The number of aryl methyl sites for hydroxylation is 2. The van der Waals surface area contributed by atoms with Crippen LogP contribution in [0, 0.1) is 6.92 Å². The van der Waals surface area contributed by atoms with E-state index in [0.29, 0.717) is 5.56 Å². The molecule has 92 valence electrons. The zero-order chi connectivity index (χ0) is 13.3. The molecule has 0 aliphatic rings. The minimum absolute atomic E-state index is 0.210. The Kier molecular flexibility index (Phi) is 3.02. The van der Waals surface area contributed by atoms with Crippen LogP contribution in [0.25, 0.3) is 11.1 Å². The van der Waals surface area contributed by atoms with Gasteiger partial charge in [-0.2, -0.15) is 0 Å². The van der Waals surface area contributed by atoms with Gasteiger partial charge in [-0.05, 0) is 18.1 Å². The van der Waals surface area contributed by atoms with Crippen LogP contribution in [0.1, 0.15) is 15.9 Å².